The Bertz CT molecular complexity index is 518. The van der Waals surface area contributed by atoms with E-state index < -0.39 is 17.4 Å². The number of amides is 1. The average Bonchev–Trinajstić information content (AvgIpc) is 3.02. The Balaban J connectivity index is 2.04. The van der Waals surface area contributed by atoms with Gasteiger partial charge in [-0.05, 0) is 24.3 Å². The van der Waals surface area contributed by atoms with E-state index in [1.165, 1.54) is 0 Å². The molecule has 1 aliphatic carbocycles. The SMILES string of the molecule is CC(C)(C(=O)NC(Cc1ccccc1)C(=O)O)C1CCCC1. The number of rotatable bonds is 6. The van der Waals surface area contributed by atoms with Crippen LogP contribution < -0.4 is 5.32 Å². The molecule has 1 unspecified atom stereocenters. The van der Waals surface area contributed by atoms with Crippen LogP contribution >= 0.6 is 0 Å². The number of aliphatic carboxylic acids is 1. The lowest BCUT2D eigenvalue weighted by Gasteiger charge is -2.31. The first kappa shape index (κ1) is 16.5. The van der Waals surface area contributed by atoms with E-state index >= 15 is 0 Å². The third kappa shape index (κ3) is 3.87. The molecule has 22 heavy (non-hydrogen) atoms. The summed E-state index contributed by atoms with van der Waals surface area (Å²) in [7, 11) is 0. The molecule has 0 heterocycles. The summed E-state index contributed by atoms with van der Waals surface area (Å²) >= 11 is 0. The maximum Gasteiger partial charge on any atom is 0.326 e. The summed E-state index contributed by atoms with van der Waals surface area (Å²) in [4.78, 5) is 24.1. The Kier molecular flexibility index (Phi) is 5.22. The van der Waals surface area contributed by atoms with Crippen LogP contribution in [0.2, 0.25) is 0 Å². The number of carboxylic acid groups (broad SMARTS) is 1. The highest BCUT2D eigenvalue weighted by Gasteiger charge is 2.39. The molecule has 4 heteroatoms. The Labute approximate surface area is 131 Å². The summed E-state index contributed by atoms with van der Waals surface area (Å²) < 4.78 is 0. The van der Waals surface area contributed by atoms with E-state index in [9.17, 15) is 14.7 Å². The minimum atomic E-state index is -0.987. The molecule has 0 bridgehead atoms. The van der Waals surface area contributed by atoms with Crippen LogP contribution in [0.5, 0.6) is 0 Å². The van der Waals surface area contributed by atoms with Crippen molar-refractivity contribution in [3.63, 3.8) is 0 Å². The Morgan fingerprint density at radius 2 is 1.82 bits per heavy atom. The van der Waals surface area contributed by atoms with Crippen LogP contribution in [0.1, 0.15) is 45.1 Å². The van der Waals surface area contributed by atoms with Gasteiger partial charge in [0.15, 0.2) is 0 Å². The smallest absolute Gasteiger partial charge is 0.326 e. The summed E-state index contributed by atoms with van der Waals surface area (Å²) in [6, 6.07) is 8.52. The number of carboxylic acids is 1. The lowest BCUT2D eigenvalue weighted by molar-refractivity contribution is -0.144. The largest absolute Gasteiger partial charge is 0.480 e. The standard InChI is InChI=1S/C18H25NO3/c1-18(2,14-10-6-7-11-14)17(22)19-15(16(20)21)12-13-8-4-3-5-9-13/h3-5,8-9,14-15H,6-7,10-12H2,1-2H3,(H,19,22)(H,20,21). The van der Waals surface area contributed by atoms with Gasteiger partial charge in [0.25, 0.3) is 0 Å². The third-order valence-electron chi connectivity index (χ3n) is 4.85. The third-order valence-corrected chi connectivity index (χ3v) is 4.85. The highest BCUT2D eigenvalue weighted by Crippen LogP contribution is 2.39. The normalized spacial score (nSPS) is 17.2. The minimum Gasteiger partial charge on any atom is -0.480 e. The Hall–Kier alpha value is -1.84. The van der Waals surface area contributed by atoms with Gasteiger partial charge in [0.1, 0.15) is 6.04 Å². The van der Waals surface area contributed by atoms with Gasteiger partial charge in [0.05, 0.1) is 0 Å². The first-order valence-corrected chi connectivity index (χ1v) is 7.99. The van der Waals surface area contributed by atoms with Gasteiger partial charge in [-0.3, -0.25) is 4.79 Å². The number of hydrogen-bond acceptors (Lipinski definition) is 2. The molecule has 1 saturated carbocycles. The summed E-state index contributed by atoms with van der Waals surface area (Å²) in [6.07, 6.45) is 4.73. The molecule has 1 aromatic carbocycles. The summed E-state index contributed by atoms with van der Waals surface area (Å²) in [5, 5.41) is 12.1. The fourth-order valence-electron chi connectivity index (χ4n) is 3.23. The number of carbonyl (C=O) groups excluding carboxylic acids is 1. The quantitative estimate of drug-likeness (QED) is 0.849. The average molecular weight is 303 g/mol. The van der Waals surface area contributed by atoms with Gasteiger partial charge in [0, 0.05) is 11.8 Å². The minimum absolute atomic E-state index is 0.150. The van der Waals surface area contributed by atoms with Gasteiger partial charge in [-0.25, -0.2) is 4.79 Å². The number of hydrogen-bond donors (Lipinski definition) is 2. The van der Waals surface area contributed by atoms with Crippen LogP contribution in [0.4, 0.5) is 0 Å². The van der Waals surface area contributed by atoms with E-state index in [1.807, 2.05) is 44.2 Å². The lowest BCUT2D eigenvalue weighted by Crippen LogP contribution is -2.49. The van der Waals surface area contributed by atoms with E-state index in [1.54, 1.807) is 0 Å². The van der Waals surface area contributed by atoms with E-state index in [4.69, 9.17) is 0 Å². The van der Waals surface area contributed by atoms with Crippen LogP contribution in [0, 0.1) is 11.3 Å². The highest BCUT2D eigenvalue weighted by atomic mass is 16.4. The van der Waals surface area contributed by atoms with E-state index in [-0.39, 0.29) is 5.91 Å². The van der Waals surface area contributed by atoms with Crippen LogP contribution in [0.3, 0.4) is 0 Å². The molecular weight excluding hydrogens is 278 g/mol. The van der Waals surface area contributed by atoms with Crippen molar-refractivity contribution in [2.24, 2.45) is 11.3 Å². The molecule has 0 spiro atoms. The number of nitrogens with one attached hydrogen (secondary N) is 1. The maximum absolute atomic E-state index is 12.6. The molecule has 0 aromatic heterocycles. The second-order valence-corrected chi connectivity index (χ2v) is 6.76. The molecule has 2 rings (SSSR count). The summed E-state index contributed by atoms with van der Waals surface area (Å²) in [5.41, 5.74) is 0.398. The molecule has 1 atom stereocenters. The molecule has 4 nitrogen and oxygen atoms in total. The molecule has 1 amide bonds. The van der Waals surface area contributed by atoms with Gasteiger partial charge < -0.3 is 10.4 Å². The molecule has 0 aliphatic heterocycles. The topological polar surface area (TPSA) is 66.4 Å². The maximum atomic E-state index is 12.6. The first-order valence-electron chi connectivity index (χ1n) is 7.99. The van der Waals surface area contributed by atoms with Gasteiger partial charge in [0.2, 0.25) is 5.91 Å². The molecule has 120 valence electrons. The second-order valence-electron chi connectivity index (χ2n) is 6.76. The number of benzene rings is 1. The second kappa shape index (κ2) is 6.95. The van der Waals surface area contributed by atoms with E-state index in [2.05, 4.69) is 5.32 Å². The summed E-state index contributed by atoms with van der Waals surface area (Å²) in [5.74, 6) is -0.791. The van der Waals surface area contributed by atoms with Crippen molar-refractivity contribution < 1.29 is 14.7 Å². The van der Waals surface area contributed by atoms with Crippen LogP contribution in [-0.2, 0) is 16.0 Å². The van der Waals surface area contributed by atoms with E-state index in [0.29, 0.717) is 12.3 Å². The number of carbonyl (C=O) groups is 2. The molecule has 2 N–H and O–H groups in total. The Morgan fingerprint density at radius 3 is 2.36 bits per heavy atom. The van der Waals surface area contributed by atoms with Gasteiger partial charge >= 0.3 is 5.97 Å². The van der Waals surface area contributed by atoms with Crippen molar-refractivity contribution in [3.8, 4) is 0 Å². The van der Waals surface area contributed by atoms with Crippen LogP contribution in [0.25, 0.3) is 0 Å². The van der Waals surface area contributed by atoms with E-state index in [0.717, 1.165) is 31.2 Å². The fourth-order valence-corrected chi connectivity index (χ4v) is 3.23. The molecule has 1 aliphatic rings. The zero-order chi connectivity index (χ0) is 16.2. The predicted octanol–water partition coefficient (Wildman–Crippen LogP) is 3.01. The fraction of sp³-hybridized carbons (Fsp3) is 0.556. The van der Waals surface area contributed by atoms with Crippen molar-refractivity contribution in [1.29, 1.82) is 0 Å². The first-order chi connectivity index (χ1) is 10.4. The zero-order valence-electron chi connectivity index (χ0n) is 13.3. The molecule has 0 radical (unpaired) electrons. The molecule has 1 fully saturated rings. The van der Waals surface area contributed by atoms with Crippen LogP contribution in [0.15, 0.2) is 30.3 Å². The predicted molar refractivity (Wildman–Crippen MR) is 85.5 cm³/mol. The van der Waals surface area contributed by atoms with Crippen molar-refractivity contribution in [2.45, 2.75) is 52.0 Å². The van der Waals surface area contributed by atoms with Crippen LogP contribution in [-0.4, -0.2) is 23.0 Å². The summed E-state index contributed by atoms with van der Waals surface area (Å²) in [6.45, 7) is 3.86. The van der Waals surface area contributed by atoms with Crippen molar-refractivity contribution in [3.05, 3.63) is 35.9 Å². The van der Waals surface area contributed by atoms with Gasteiger partial charge in [-0.2, -0.15) is 0 Å². The van der Waals surface area contributed by atoms with Crippen molar-refractivity contribution in [1.82, 2.24) is 5.32 Å². The lowest BCUT2D eigenvalue weighted by atomic mass is 9.77. The van der Waals surface area contributed by atoms with Crippen molar-refractivity contribution >= 4 is 11.9 Å². The zero-order valence-corrected chi connectivity index (χ0v) is 13.3. The van der Waals surface area contributed by atoms with Gasteiger partial charge in [-0.15, -0.1) is 0 Å². The highest BCUT2D eigenvalue weighted by molar-refractivity contribution is 5.87. The monoisotopic (exact) mass is 303 g/mol. The van der Waals surface area contributed by atoms with Crippen molar-refractivity contribution in [2.75, 3.05) is 0 Å². The molecule has 0 saturated heterocycles. The Morgan fingerprint density at radius 1 is 1.23 bits per heavy atom. The molecular formula is C18H25NO3. The van der Waals surface area contributed by atoms with Gasteiger partial charge in [-0.1, -0.05) is 57.0 Å². The molecule has 1 aromatic rings.